The molecule has 0 amide bonds. The maximum Gasteiger partial charge on any atom is 0.0988 e. The van der Waals surface area contributed by atoms with Gasteiger partial charge in [0, 0.05) is 18.3 Å². The third-order valence-electron chi connectivity index (χ3n) is 2.61. The molecule has 2 rings (SSSR count). The van der Waals surface area contributed by atoms with Crippen LogP contribution in [-0.2, 0) is 6.54 Å². The fourth-order valence-corrected chi connectivity index (χ4v) is 1.78. The van der Waals surface area contributed by atoms with Crippen LogP contribution in [0.25, 0.3) is 0 Å². The molecule has 1 N–H and O–H groups in total. The van der Waals surface area contributed by atoms with Gasteiger partial charge >= 0.3 is 0 Å². The Labute approximate surface area is 85.2 Å². The molecule has 0 bridgehead atoms. The molecule has 1 aromatic carbocycles. The fraction of sp³-hybridized carbons (Fsp3) is 0.333. The molecule has 1 aliphatic rings. The number of fused-ring (bicyclic) bond motifs is 1. The molecule has 1 aromatic rings. The predicted octanol–water partition coefficient (Wildman–Crippen LogP) is 2.79. The Hall–Kier alpha value is -1.44. The van der Waals surface area contributed by atoms with Crippen LogP contribution < -0.4 is 5.32 Å². The highest BCUT2D eigenvalue weighted by Gasteiger charge is 2.19. The van der Waals surface area contributed by atoms with E-state index in [9.17, 15) is 0 Å². The van der Waals surface area contributed by atoms with Gasteiger partial charge in [0.1, 0.15) is 0 Å². The highest BCUT2D eigenvalue weighted by Crippen LogP contribution is 2.27. The summed E-state index contributed by atoms with van der Waals surface area (Å²) in [5, 5.41) is 3.32. The van der Waals surface area contributed by atoms with Crippen molar-refractivity contribution >= 4 is 5.69 Å². The second kappa shape index (κ2) is 3.37. The van der Waals surface area contributed by atoms with Crippen molar-refractivity contribution in [3.8, 4) is 0 Å². The maximum absolute atomic E-state index is 4.03. The first-order valence-corrected chi connectivity index (χ1v) is 4.99. The van der Waals surface area contributed by atoms with E-state index in [4.69, 9.17) is 0 Å². The van der Waals surface area contributed by atoms with Gasteiger partial charge in [0.2, 0.25) is 0 Å². The first-order chi connectivity index (χ1) is 6.68. The Morgan fingerprint density at radius 3 is 2.79 bits per heavy atom. The Morgan fingerprint density at radius 2 is 2.07 bits per heavy atom. The minimum atomic E-state index is 0.489. The number of benzene rings is 1. The summed E-state index contributed by atoms with van der Waals surface area (Å²) in [6, 6.07) is 8.86. The molecule has 14 heavy (non-hydrogen) atoms. The number of hydrogen-bond donors (Lipinski definition) is 1. The summed E-state index contributed by atoms with van der Waals surface area (Å²) in [6.45, 7) is 9.35. The zero-order chi connectivity index (χ0) is 10.1. The number of para-hydroxylation sites is 1. The van der Waals surface area contributed by atoms with Crippen LogP contribution in [0.5, 0.6) is 0 Å². The van der Waals surface area contributed by atoms with E-state index in [1.54, 1.807) is 0 Å². The van der Waals surface area contributed by atoms with Gasteiger partial charge in [-0.1, -0.05) is 24.8 Å². The zero-order valence-corrected chi connectivity index (χ0v) is 8.75. The van der Waals surface area contributed by atoms with Crippen LogP contribution in [0.3, 0.4) is 0 Å². The molecule has 2 heteroatoms. The van der Waals surface area contributed by atoms with Crippen molar-refractivity contribution in [2.24, 2.45) is 0 Å². The van der Waals surface area contributed by atoms with Crippen molar-refractivity contribution in [3.05, 3.63) is 42.2 Å². The summed E-state index contributed by atoms with van der Waals surface area (Å²) in [5.74, 6) is 0.999. The summed E-state index contributed by atoms with van der Waals surface area (Å²) in [6.07, 6.45) is 0. The molecule has 1 aliphatic heterocycles. The lowest BCUT2D eigenvalue weighted by Crippen LogP contribution is -2.35. The number of rotatable bonds is 1. The van der Waals surface area contributed by atoms with Crippen molar-refractivity contribution in [2.45, 2.75) is 26.4 Å². The Kier molecular flexibility index (Phi) is 2.20. The van der Waals surface area contributed by atoms with Gasteiger partial charge in [-0.25, -0.2) is 0 Å². The topological polar surface area (TPSA) is 15.3 Å². The van der Waals surface area contributed by atoms with E-state index in [2.05, 4.69) is 48.8 Å². The minimum Gasteiger partial charge on any atom is -0.352 e. The van der Waals surface area contributed by atoms with Gasteiger partial charge in [0.25, 0.3) is 0 Å². The lowest BCUT2D eigenvalue weighted by Gasteiger charge is -2.36. The predicted molar refractivity (Wildman–Crippen MR) is 59.9 cm³/mol. The molecular formula is C12H16N2. The monoisotopic (exact) mass is 188 g/mol. The molecular weight excluding hydrogens is 172 g/mol. The Balaban J connectivity index is 2.31. The van der Waals surface area contributed by atoms with Crippen LogP contribution in [0.15, 0.2) is 36.7 Å². The maximum atomic E-state index is 4.03. The van der Waals surface area contributed by atoms with E-state index in [0.29, 0.717) is 6.04 Å². The van der Waals surface area contributed by atoms with E-state index in [1.807, 2.05) is 6.07 Å². The molecule has 74 valence electrons. The molecule has 0 spiro atoms. The van der Waals surface area contributed by atoms with Crippen molar-refractivity contribution in [2.75, 3.05) is 5.32 Å². The van der Waals surface area contributed by atoms with Crippen molar-refractivity contribution in [3.63, 3.8) is 0 Å². The van der Waals surface area contributed by atoms with E-state index < -0.39 is 0 Å². The van der Waals surface area contributed by atoms with Crippen molar-refractivity contribution in [1.82, 2.24) is 4.90 Å². The van der Waals surface area contributed by atoms with E-state index in [1.165, 1.54) is 11.3 Å². The second-order valence-electron chi connectivity index (χ2n) is 3.95. The van der Waals surface area contributed by atoms with Gasteiger partial charge in [-0.05, 0) is 25.5 Å². The summed E-state index contributed by atoms with van der Waals surface area (Å²) in [7, 11) is 0. The normalized spacial score (nSPS) is 15.4. The van der Waals surface area contributed by atoms with E-state index in [0.717, 1.165) is 12.4 Å². The highest BCUT2D eigenvalue weighted by molar-refractivity contribution is 5.56. The standard InChI is InChI=1S/C12H16N2/c1-9(2)14-8-11-6-4-5-7-12(11)13-10(14)3/h4-7,9,13H,3,8H2,1-2H3. The number of anilines is 1. The number of hydrogen-bond acceptors (Lipinski definition) is 2. The van der Waals surface area contributed by atoms with E-state index >= 15 is 0 Å². The summed E-state index contributed by atoms with van der Waals surface area (Å²) < 4.78 is 0. The highest BCUT2D eigenvalue weighted by atomic mass is 15.3. The largest absolute Gasteiger partial charge is 0.352 e. The van der Waals surface area contributed by atoms with Crippen LogP contribution in [0.2, 0.25) is 0 Å². The molecule has 0 saturated heterocycles. The molecule has 0 aromatic heterocycles. The summed E-state index contributed by atoms with van der Waals surface area (Å²) in [5.41, 5.74) is 2.53. The first-order valence-electron chi connectivity index (χ1n) is 4.99. The quantitative estimate of drug-likeness (QED) is 0.729. The molecule has 0 fully saturated rings. The molecule has 0 radical (unpaired) electrons. The van der Waals surface area contributed by atoms with E-state index in [-0.39, 0.29) is 0 Å². The molecule has 0 atom stereocenters. The van der Waals surface area contributed by atoms with Crippen LogP contribution in [0, 0.1) is 0 Å². The van der Waals surface area contributed by atoms with Crippen molar-refractivity contribution < 1.29 is 0 Å². The average Bonchev–Trinajstić information content (AvgIpc) is 2.16. The summed E-state index contributed by atoms with van der Waals surface area (Å²) >= 11 is 0. The Bertz CT molecular complexity index is 355. The van der Waals surface area contributed by atoms with Gasteiger partial charge < -0.3 is 10.2 Å². The average molecular weight is 188 g/mol. The zero-order valence-electron chi connectivity index (χ0n) is 8.75. The number of nitrogens with zero attached hydrogens (tertiary/aromatic N) is 1. The summed E-state index contributed by atoms with van der Waals surface area (Å²) in [4.78, 5) is 2.27. The Morgan fingerprint density at radius 1 is 1.36 bits per heavy atom. The molecule has 2 nitrogen and oxygen atoms in total. The lowest BCUT2D eigenvalue weighted by atomic mass is 10.1. The van der Waals surface area contributed by atoms with Gasteiger partial charge in [-0.2, -0.15) is 0 Å². The lowest BCUT2D eigenvalue weighted by molar-refractivity contribution is 0.274. The van der Waals surface area contributed by atoms with Crippen LogP contribution in [-0.4, -0.2) is 10.9 Å². The van der Waals surface area contributed by atoms with Gasteiger partial charge in [-0.15, -0.1) is 0 Å². The minimum absolute atomic E-state index is 0.489. The third-order valence-corrected chi connectivity index (χ3v) is 2.61. The fourth-order valence-electron chi connectivity index (χ4n) is 1.78. The SMILES string of the molecule is C=C1Nc2ccccc2CN1C(C)C. The first kappa shape index (κ1) is 9.13. The third kappa shape index (κ3) is 1.48. The number of nitrogens with one attached hydrogen (secondary N) is 1. The molecule has 0 unspecified atom stereocenters. The molecule has 0 saturated carbocycles. The van der Waals surface area contributed by atoms with Crippen LogP contribution in [0.1, 0.15) is 19.4 Å². The van der Waals surface area contributed by atoms with Gasteiger partial charge in [0.05, 0.1) is 5.82 Å². The van der Waals surface area contributed by atoms with Gasteiger partial charge in [-0.3, -0.25) is 0 Å². The van der Waals surface area contributed by atoms with Crippen LogP contribution >= 0.6 is 0 Å². The van der Waals surface area contributed by atoms with Crippen molar-refractivity contribution in [1.29, 1.82) is 0 Å². The molecule has 1 heterocycles. The smallest absolute Gasteiger partial charge is 0.0988 e. The van der Waals surface area contributed by atoms with Gasteiger partial charge in [0.15, 0.2) is 0 Å². The molecule has 0 aliphatic carbocycles. The van der Waals surface area contributed by atoms with Crippen LogP contribution in [0.4, 0.5) is 5.69 Å². The second-order valence-corrected chi connectivity index (χ2v) is 3.95.